The van der Waals surface area contributed by atoms with E-state index < -0.39 is 8.25 Å². The Morgan fingerprint density at radius 1 is 1.40 bits per heavy atom. The molecule has 0 aliphatic rings. The third-order valence-electron chi connectivity index (χ3n) is 1.80. The molecule has 0 bridgehead atoms. The van der Waals surface area contributed by atoms with Crippen LogP contribution in [0.4, 0.5) is 0 Å². The summed E-state index contributed by atoms with van der Waals surface area (Å²) < 4.78 is 21.3. The van der Waals surface area contributed by atoms with Crippen LogP contribution in [0.2, 0.25) is 0 Å². The molecule has 1 rings (SSSR count). The smallest absolute Gasteiger partial charge is 0.234 e. The molecule has 0 radical (unpaired) electrons. The van der Waals surface area contributed by atoms with Crippen molar-refractivity contribution < 1.29 is 13.6 Å². The van der Waals surface area contributed by atoms with Crippen LogP contribution in [0.5, 0.6) is 0 Å². The van der Waals surface area contributed by atoms with Crippen molar-refractivity contribution in [2.45, 2.75) is 20.5 Å². The zero-order chi connectivity index (χ0) is 11.1. The van der Waals surface area contributed by atoms with E-state index in [4.69, 9.17) is 9.05 Å². The minimum atomic E-state index is -2.07. The molecule has 3 nitrogen and oxygen atoms in total. The Hall–Kier alpha value is -1.18. The van der Waals surface area contributed by atoms with Crippen LogP contribution in [-0.2, 0) is 20.2 Å². The number of rotatable bonds is 5. The molecule has 1 aromatic carbocycles. The van der Waals surface area contributed by atoms with Crippen molar-refractivity contribution in [3.63, 3.8) is 0 Å². The molecule has 0 N–H and O–H groups in total. The van der Waals surface area contributed by atoms with Gasteiger partial charge in [0.2, 0.25) is 0 Å². The van der Waals surface area contributed by atoms with Gasteiger partial charge in [-0.05, 0) is 25.5 Å². The maximum atomic E-state index is 11.2. The highest BCUT2D eigenvalue weighted by molar-refractivity contribution is 7.33. The molecule has 0 saturated carbocycles. The summed E-state index contributed by atoms with van der Waals surface area (Å²) in [7, 11) is -2.07. The number of hydrogen-bond acceptors (Lipinski definition) is 3. The van der Waals surface area contributed by atoms with Gasteiger partial charge in [-0.1, -0.05) is 30.3 Å². The average molecular weight is 225 g/mol. The van der Waals surface area contributed by atoms with Gasteiger partial charge in [0.25, 0.3) is 0 Å². The first-order chi connectivity index (χ1) is 7.22. The van der Waals surface area contributed by atoms with Crippen molar-refractivity contribution in [3.05, 3.63) is 47.7 Å². The van der Waals surface area contributed by atoms with Gasteiger partial charge in [-0.15, -0.1) is 4.52 Å². The van der Waals surface area contributed by atoms with E-state index in [1.807, 2.05) is 37.3 Å². The SMILES string of the molecule is C/C=C(\C)O[P+](=O)OCc1ccccc1. The third-order valence-corrected chi connectivity index (χ3v) is 2.58. The molecular formula is C11H14O3P+. The van der Waals surface area contributed by atoms with E-state index in [1.165, 1.54) is 0 Å². The normalized spacial score (nSPS) is 12.4. The minimum absolute atomic E-state index is 0.299. The minimum Gasteiger partial charge on any atom is -0.234 e. The van der Waals surface area contributed by atoms with Crippen LogP contribution in [0.3, 0.4) is 0 Å². The van der Waals surface area contributed by atoms with Crippen molar-refractivity contribution >= 4 is 8.25 Å². The van der Waals surface area contributed by atoms with Gasteiger partial charge in [0.05, 0.1) is 0 Å². The standard InChI is InChI=1S/C11H14O3P/c1-3-10(2)14-15(12)13-9-11-7-5-4-6-8-11/h3-8H,9H2,1-2H3/q+1/b10-3+. The Balaban J connectivity index is 2.35. The fourth-order valence-electron chi connectivity index (χ4n) is 0.898. The summed E-state index contributed by atoms with van der Waals surface area (Å²) in [4.78, 5) is 0. The van der Waals surface area contributed by atoms with Crippen LogP contribution in [0.1, 0.15) is 19.4 Å². The summed E-state index contributed by atoms with van der Waals surface area (Å²) in [6.07, 6.45) is 1.74. The predicted molar refractivity (Wildman–Crippen MR) is 59.4 cm³/mol. The van der Waals surface area contributed by atoms with E-state index in [9.17, 15) is 4.57 Å². The van der Waals surface area contributed by atoms with E-state index >= 15 is 0 Å². The molecule has 1 unspecified atom stereocenters. The molecule has 0 heterocycles. The van der Waals surface area contributed by atoms with Crippen LogP contribution in [-0.4, -0.2) is 0 Å². The lowest BCUT2D eigenvalue weighted by atomic mass is 10.2. The maximum Gasteiger partial charge on any atom is 0.750 e. The van der Waals surface area contributed by atoms with E-state index in [0.717, 1.165) is 5.56 Å². The van der Waals surface area contributed by atoms with Crippen LogP contribution >= 0.6 is 8.25 Å². The Kier molecular flexibility index (Phi) is 5.02. The lowest BCUT2D eigenvalue weighted by Crippen LogP contribution is -1.86. The monoisotopic (exact) mass is 225 g/mol. The Morgan fingerprint density at radius 2 is 2.07 bits per heavy atom. The van der Waals surface area contributed by atoms with Crippen molar-refractivity contribution in [2.75, 3.05) is 0 Å². The quantitative estimate of drug-likeness (QED) is 0.564. The first-order valence-corrected chi connectivity index (χ1v) is 5.77. The van der Waals surface area contributed by atoms with Crippen molar-refractivity contribution in [1.29, 1.82) is 0 Å². The number of benzene rings is 1. The van der Waals surface area contributed by atoms with Gasteiger partial charge >= 0.3 is 8.25 Å². The van der Waals surface area contributed by atoms with Gasteiger partial charge in [-0.25, -0.2) is 4.52 Å². The molecule has 0 saturated heterocycles. The van der Waals surface area contributed by atoms with Crippen molar-refractivity contribution in [2.24, 2.45) is 0 Å². The fraction of sp³-hybridized carbons (Fsp3) is 0.273. The van der Waals surface area contributed by atoms with E-state index in [-0.39, 0.29) is 0 Å². The average Bonchev–Trinajstić information content (AvgIpc) is 2.27. The van der Waals surface area contributed by atoms with Gasteiger partial charge in [0.1, 0.15) is 6.61 Å². The van der Waals surface area contributed by atoms with Crippen molar-refractivity contribution in [3.8, 4) is 0 Å². The van der Waals surface area contributed by atoms with Crippen molar-refractivity contribution in [1.82, 2.24) is 0 Å². The second-order valence-corrected chi connectivity index (χ2v) is 3.86. The zero-order valence-corrected chi connectivity index (χ0v) is 9.74. The van der Waals surface area contributed by atoms with E-state index in [1.54, 1.807) is 13.0 Å². The highest BCUT2D eigenvalue weighted by Gasteiger charge is 2.21. The molecule has 1 atom stereocenters. The summed E-state index contributed by atoms with van der Waals surface area (Å²) >= 11 is 0. The summed E-state index contributed by atoms with van der Waals surface area (Å²) in [5.74, 6) is 0.601. The maximum absolute atomic E-state index is 11.2. The molecule has 4 heteroatoms. The van der Waals surface area contributed by atoms with E-state index in [0.29, 0.717) is 12.4 Å². The lowest BCUT2D eigenvalue weighted by molar-refractivity contribution is 0.253. The highest BCUT2D eigenvalue weighted by atomic mass is 31.1. The first-order valence-electron chi connectivity index (χ1n) is 4.67. The highest BCUT2D eigenvalue weighted by Crippen LogP contribution is 2.28. The van der Waals surface area contributed by atoms with Gasteiger partial charge < -0.3 is 0 Å². The molecule has 1 aromatic rings. The Morgan fingerprint density at radius 3 is 2.67 bits per heavy atom. The van der Waals surface area contributed by atoms with Crippen LogP contribution in [0.15, 0.2) is 42.2 Å². The lowest BCUT2D eigenvalue weighted by Gasteiger charge is -1.93. The molecule has 0 aromatic heterocycles. The molecular weight excluding hydrogens is 211 g/mol. The molecule has 0 fully saturated rings. The second-order valence-electron chi connectivity index (χ2n) is 2.97. The summed E-state index contributed by atoms with van der Waals surface area (Å²) in [6.45, 7) is 3.85. The van der Waals surface area contributed by atoms with Crippen LogP contribution in [0, 0.1) is 0 Å². The van der Waals surface area contributed by atoms with Crippen LogP contribution < -0.4 is 0 Å². The molecule has 0 aliphatic carbocycles. The Bertz CT molecular complexity index is 346. The van der Waals surface area contributed by atoms with E-state index in [2.05, 4.69) is 0 Å². The predicted octanol–water partition coefficient (Wildman–Crippen LogP) is 3.80. The second kappa shape index (κ2) is 6.33. The summed E-state index contributed by atoms with van der Waals surface area (Å²) in [6, 6.07) is 9.55. The summed E-state index contributed by atoms with van der Waals surface area (Å²) in [5, 5.41) is 0. The Labute approximate surface area is 90.7 Å². The molecule has 15 heavy (non-hydrogen) atoms. The number of hydrogen-bond donors (Lipinski definition) is 0. The zero-order valence-electron chi connectivity index (χ0n) is 8.84. The molecule has 0 aliphatic heterocycles. The number of allylic oxidation sites excluding steroid dienone is 2. The first kappa shape index (κ1) is 11.9. The van der Waals surface area contributed by atoms with Gasteiger partial charge in [0, 0.05) is 4.57 Å². The topological polar surface area (TPSA) is 35.5 Å². The molecule has 0 spiro atoms. The van der Waals surface area contributed by atoms with Gasteiger partial charge in [-0.2, -0.15) is 0 Å². The fourth-order valence-corrected chi connectivity index (χ4v) is 1.55. The molecule has 0 amide bonds. The molecule has 80 valence electrons. The van der Waals surface area contributed by atoms with Gasteiger partial charge in [-0.3, -0.25) is 0 Å². The largest absolute Gasteiger partial charge is 0.750 e. The van der Waals surface area contributed by atoms with Crippen LogP contribution in [0.25, 0.3) is 0 Å². The van der Waals surface area contributed by atoms with Gasteiger partial charge in [0.15, 0.2) is 5.76 Å². The third kappa shape index (κ3) is 4.73. The summed E-state index contributed by atoms with van der Waals surface area (Å²) in [5.41, 5.74) is 0.975.